The Labute approximate surface area is 76.3 Å². The van der Waals surface area contributed by atoms with E-state index in [1.165, 1.54) is 38.8 Å². The molecule has 0 spiro atoms. The van der Waals surface area contributed by atoms with Gasteiger partial charge in [0.2, 0.25) is 0 Å². The summed E-state index contributed by atoms with van der Waals surface area (Å²) in [5.74, 6) is 0.939. The van der Waals surface area contributed by atoms with Crippen LogP contribution in [0.3, 0.4) is 0 Å². The minimum absolute atomic E-state index is 0.939. The average Bonchev–Trinajstić information content (AvgIpc) is 2.09. The van der Waals surface area contributed by atoms with Gasteiger partial charge in [-0.2, -0.15) is 0 Å². The van der Waals surface area contributed by atoms with Crippen molar-refractivity contribution >= 4 is 0 Å². The molecule has 1 aliphatic rings. The van der Waals surface area contributed by atoms with E-state index >= 15 is 0 Å². The maximum absolute atomic E-state index is 3.48. The molecule has 1 fully saturated rings. The van der Waals surface area contributed by atoms with Gasteiger partial charge in [-0.25, -0.2) is 5.01 Å². The maximum Gasteiger partial charge on any atom is 0.0133 e. The van der Waals surface area contributed by atoms with Gasteiger partial charge in [0.15, 0.2) is 0 Å². The zero-order chi connectivity index (χ0) is 8.81. The van der Waals surface area contributed by atoms with Crippen molar-refractivity contribution in [1.29, 1.82) is 0 Å². The largest absolute Gasteiger partial charge is 0.255 e. The number of nitrogens with one attached hydrogen (secondary N) is 1. The summed E-state index contributed by atoms with van der Waals surface area (Å²) in [6.45, 7) is 8.23. The fourth-order valence-electron chi connectivity index (χ4n) is 1.58. The van der Waals surface area contributed by atoms with Crippen molar-refractivity contribution < 1.29 is 0 Å². The third-order valence-electron chi connectivity index (χ3n) is 2.65. The fraction of sp³-hybridized carbons (Fsp3) is 1.00. The monoisotopic (exact) mass is 170 g/mol. The molecule has 0 aromatic carbocycles. The zero-order valence-electron chi connectivity index (χ0n) is 8.47. The summed E-state index contributed by atoms with van der Waals surface area (Å²) in [6.07, 6.45) is 5.31. The van der Waals surface area contributed by atoms with Crippen LogP contribution in [0, 0.1) is 5.92 Å². The second-order valence-corrected chi connectivity index (χ2v) is 3.93. The Kier molecular flexibility index (Phi) is 4.62. The van der Waals surface area contributed by atoms with Crippen LogP contribution in [0.15, 0.2) is 0 Å². The zero-order valence-corrected chi connectivity index (χ0v) is 8.47. The molecule has 1 N–H and O–H groups in total. The number of hydrazine groups is 1. The number of nitrogens with zero attached hydrogens (tertiary/aromatic N) is 1. The van der Waals surface area contributed by atoms with E-state index in [4.69, 9.17) is 0 Å². The molecule has 1 saturated heterocycles. The van der Waals surface area contributed by atoms with Gasteiger partial charge in [-0.1, -0.05) is 20.3 Å². The molecule has 2 heteroatoms. The van der Waals surface area contributed by atoms with Crippen molar-refractivity contribution in [3.8, 4) is 0 Å². The first-order valence-electron chi connectivity index (χ1n) is 5.31. The number of hydrogen-bond donors (Lipinski definition) is 1. The van der Waals surface area contributed by atoms with E-state index in [1.807, 2.05) is 0 Å². The molecule has 0 aliphatic carbocycles. The van der Waals surface area contributed by atoms with E-state index in [2.05, 4.69) is 24.3 Å². The van der Waals surface area contributed by atoms with E-state index in [-0.39, 0.29) is 0 Å². The number of rotatable bonds is 4. The molecule has 0 atom stereocenters. The predicted octanol–water partition coefficient (Wildman–Crippen LogP) is 2.02. The Balaban J connectivity index is 2.01. The molecule has 0 aromatic rings. The van der Waals surface area contributed by atoms with Gasteiger partial charge < -0.3 is 0 Å². The molecule has 0 aromatic heterocycles. The first kappa shape index (κ1) is 10.0. The van der Waals surface area contributed by atoms with E-state index in [9.17, 15) is 0 Å². The van der Waals surface area contributed by atoms with Crippen LogP contribution in [0.2, 0.25) is 0 Å². The van der Waals surface area contributed by atoms with E-state index < -0.39 is 0 Å². The second kappa shape index (κ2) is 5.55. The lowest BCUT2D eigenvalue weighted by atomic mass is 10.0. The Morgan fingerprint density at radius 3 is 2.58 bits per heavy atom. The smallest absolute Gasteiger partial charge is 0.0133 e. The standard InChI is InChI=1S/C10H22N2/c1-3-4-7-11-12-8-5-10(2)6-9-12/h10-11H,3-9H2,1-2H3. The minimum atomic E-state index is 0.939. The molecule has 2 nitrogen and oxygen atoms in total. The summed E-state index contributed by atoms with van der Waals surface area (Å²) in [5, 5.41) is 2.38. The molecular weight excluding hydrogens is 148 g/mol. The third-order valence-corrected chi connectivity index (χ3v) is 2.65. The van der Waals surface area contributed by atoms with Crippen LogP contribution in [-0.4, -0.2) is 24.6 Å². The topological polar surface area (TPSA) is 15.3 Å². The molecule has 0 saturated carbocycles. The van der Waals surface area contributed by atoms with Crippen LogP contribution in [0.25, 0.3) is 0 Å². The third kappa shape index (κ3) is 3.55. The maximum atomic E-state index is 3.48. The molecule has 0 bridgehead atoms. The Bertz CT molecular complexity index is 106. The van der Waals surface area contributed by atoms with Gasteiger partial charge in [-0.3, -0.25) is 5.43 Å². The number of unbranched alkanes of at least 4 members (excludes halogenated alkanes) is 1. The van der Waals surface area contributed by atoms with Crippen LogP contribution in [0.5, 0.6) is 0 Å². The summed E-state index contributed by atoms with van der Waals surface area (Å²) in [5.41, 5.74) is 3.48. The van der Waals surface area contributed by atoms with E-state index in [1.54, 1.807) is 0 Å². The molecule has 72 valence electrons. The van der Waals surface area contributed by atoms with Gasteiger partial charge in [0.05, 0.1) is 0 Å². The summed E-state index contributed by atoms with van der Waals surface area (Å²) < 4.78 is 0. The van der Waals surface area contributed by atoms with Crippen molar-refractivity contribution in [3.63, 3.8) is 0 Å². The Hall–Kier alpha value is -0.0800. The Morgan fingerprint density at radius 1 is 1.33 bits per heavy atom. The summed E-state index contributed by atoms with van der Waals surface area (Å²) >= 11 is 0. The van der Waals surface area contributed by atoms with Crippen LogP contribution >= 0.6 is 0 Å². The second-order valence-electron chi connectivity index (χ2n) is 3.93. The molecule has 1 rings (SSSR count). The summed E-state index contributed by atoms with van der Waals surface area (Å²) in [7, 11) is 0. The van der Waals surface area contributed by atoms with Gasteiger partial charge in [0.25, 0.3) is 0 Å². The van der Waals surface area contributed by atoms with Crippen LogP contribution < -0.4 is 5.43 Å². The first-order valence-corrected chi connectivity index (χ1v) is 5.31. The van der Waals surface area contributed by atoms with Gasteiger partial charge >= 0.3 is 0 Å². The molecule has 1 heterocycles. The SMILES string of the molecule is CCCCNN1CCC(C)CC1. The lowest BCUT2D eigenvalue weighted by Gasteiger charge is -2.30. The van der Waals surface area contributed by atoms with Crippen LogP contribution in [0.1, 0.15) is 39.5 Å². The van der Waals surface area contributed by atoms with Crippen molar-refractivity contribution in [2.24, 2.45) is 5.92 Å². The van der Waals surface area contributed by atoms with Gasteiger partial charge in [-0.05, 0) is 25.2 Å². The highest BCUT2D eigenvalue weighted by Crippen LogP contribution is 2.13. The molecule has 0 unspecified atom stereocenters. The summed E-state index contributed by atoms with van der Waals surface area (Å²) in [4.78, 5) is 0. The molecular formula is C10H22N2. The number of piperidine rings is 1. The molecule has 0 amide bonds. The normalized spacial score (nSPS) is 21.5. The highest BCUT2D eigenvalue weighted by Gasteiger charge is 2.14. The van der Waals surface area contributed by atoms with Crippen LogP contribution in [-0.2, 0) is 0 Å². The van der Waals surface area contributed by atoms with Crippen molar-refractivity contribution in [2.45, 2.75) is 39.5 Å². The number of hydrogen-bond acceptors (Lipinski definition) is 2. The highest BCUT2D eigenvalue weighted by molar-refractivity contribution is 4.66. The van der Waals surface area contributed by atoms with E-state index in [0.29, 0.717) is 0 Å². The molecule has 1 aliphatic heterocycles. The predicted molar refractivity (Wildman–Crippen MR) is 52.9 cm³/mol. The average molecular weight is 170 g/mol. The minimum Gasteiger partial charge on any atom is -0.255 e. The van der Waals surface area contributed by atoms with Crippen molar-refractivity contribution in [3.05, 3.63) is 0 Å². The highest BCUT2D eigenvalue weighted by atomic mass is 15.5. The molecule has 0 radical (unpaired) electrons. The molecule has 12 heavy (non-hydrogen) atoms. The van der Waals surface area contributed by atoms with Gasteiger partial charge in [0, 0.05) is 19.6 Å². The van der Waals surface area contributed by atoms with Crippen molar-refractivity contribution in [2.75, 3.05) is 19.6 Å². The van der Waals surface area contributed by atoms with Gasteiger partial charge in [-0.15, -0.1) is 0 Å². The fourth-order valence-corrected chi connectivity index (χ4v) is 1.58. The quantitative estimate of drug-likeness (QED) is 0.649. The van der Waals surface area contributed by atoms with Crippen LogP contribution in [0.4, 0.5) is 0 Å². The lowest BCUT2D eigenvalue weighted by molar-refractivity contribution is 0.129. The van der Waals surface area contributed by atoms with E-state index in [0.717, 1.165) is 12.5 Å². The lowest BCUT2D eigenvalue weighted by Crippen LogP contribution is -2.43. The van der Waals surface area contributed by atoms with Crippen molar-refractivity contribution in [1.82, 2.24) is 10.4 Å². The van der Waals surface area contributed by atoms with Gasteiger partial charge in [0.1, 0.15) is 0 Å². The Morgan fingerprint density at radius 2 is 2.00 bits per heavy atom. The first-order chi connectivity index (χ1) is 5.83. The summed E-state index contributed by atoms with van der Waals surface area (Å²) in [6, 6.07) is 0.